The Balaban J connectivity index is 2.83. The zero-order chi connectivity index (χ0) is 7.11. The number of carbonyl (C=O) groups excluding carboxylic acids is 1. The van der Waals surface area contributed by atoms with Crippen molar-refractivity contribution in [1.82, 2.24) is 0 Å². The standard InChI is InChI=1S/C5H12BOP2/c1-5(7)6-3-2-4-9-8/h9H,2-4,8H2,1H3. The highest BCUT2D eigenvalue weighted by atomic mass is 32.0. The van der Waals surface area contributed by atoms with Gasteiger partial charge in [0.2, 0.25) is 7.28 Å². The van der Waals surface area contributed by atoms with Gasteiger partial charge in [-0.1, -0.05) is 12.7 Å². The van der Waals surface area contributed by atoms with E-state index in [0.29, 0.717) is 0 Å². The molecule has 0 N–H and O–H groups in total. The summed E-state index contributed by atoms with van der Waals surface area (Å²) in [5, 5.41) is 0. The third-order valence-electron chi connectivity index (χ3n) is 0.957. The van der Waals surface area contributed by atoms with Gasteiger partial charge in [-0.05, 0) is 13.1 Å². The quantitative estimate of drug-likeness (QED) is 0.339. The van der Waals surface area contributed by atoms with E-state index in [1.807, 2.05) is 0 Å². The minimum Gasteiger partial charge on any atom is -0.312 e. The minimum absolute atomic E-state index is 0.196. The number of hydrogen-bond acceptors (Lipinski definition) is 1. The molecule has 0 aromatic heterocycles. The van der Waals surface area contributed by atoms with Gasteiger partial charge >= 0.3 is 0 Å². The Morgan fingerprint density at radius 3 is 2.89 bits per heavy atom. The van der Waals surface area contributed by atoms with Gasteiger partial charge < -0.3 is 4.79 Å². The minimum atomic E-state index is 0.196. The third-order valence-corrected chi connectivity index (χ3v) is 2.47. The van der Waals surface area contributed by atoms with Gasteiger partial charge in [0.05, 0.1) is 5.68 Å². The Kier molecular flexibility index (Phi) is 7.15. The van der Waals surface area contributed by atoms with Gasteiger partial charge in [-0.25, -0.2) is 0 Å². The van der Waals surface area contributed by atoms with E-state index in [1.54, 1.807) is 14.2 Å². The fraction of sp³-hybridized carbons (Fsp3) is 0.800. The molecule has 4 heteroatoms. The van der Waals surface area contributed by atoms with Crippen molar-refractivity contribution >= 4 is 30.2 Å². The first-order valence-corrected chi connectivity index (χ1v) is 6.06. The summed E-state index contributed by atoms with van der Waals surface area (Å²) in [6, 6.07) is 0. The van der Waals surface area contributed by atoms with Gasteiger partial charge in [0.15, 0.2) is 0 Å². The molecule has 9 heavy (non-hydrogen) atoms. The summed E-state index contributed by atoms with van der Waals surface area (Å²) in [6.07, 6.45) is 3.34. The SMILES string of the molecule is CC(=O)[B]CCCPP. The van der Waals surface area contributed by atoms with Crippen molar-refractivity contribution in [3.8, 4) is 0 Å². The molecule has 0 bridgehead atoms. The van der Waals surface area contributed by atoms with Crippen molar-refractivity contribution in [2.24, 2.45) is 0 Å². The molecule has 0 spiro atoms. The zero-order valence-electron chi connectivity index (χ0n) is 5.68. The largest absolute Gasteiger partial charge is 0.312 e. The lowest BCUT2D eigenvalue weighted by Gasteiger charge is -1.92. The van der Waals surface area contributed by atoms with Gasteiger partial charge in [-0.2, -0.15) is 0 Å². The molecule has 1 radical (unpaired) electrons. The number of hydrogen-bond donors (Lipinski definition) is 0. The van der Waals surface area contributed by atoms with E-state index in [9.17, 15) is 4.79 Å². The van der Waals surface area contributed by atoms with Crippen LogP contribution in [0.3, 0.4) is 0 Å². The fourth-order valence-electron chi connectivity index (χ4n) is 0.509. The lowest BCUT2D eigenvalue weighted by molar-refractivity contribution is -0.110. The van der Waals surface area contributed by atoms with E-state index in [-0.39, 0.29) is 5.68 Å². The lowest BCUT2D eigenvalue weighted by atomic mass is 9.70. The molecule has 0 aromatic carbocycles. The van der Waals surface area contributed by atoms with Crippen LogP contribution in [0.15, 0.2) is 0 Å². The average molecular weight is 161 g/mol. The average Bonchev–Trinajstić information content (AvgIpc) is 1.80. The molecular formula is C5H12BOP2. The van der Waals surface area contributed by atoms with Crippen LogP contribution in [0.2, 0.25) is 6.32 Å². The van der Waals surface area contributed by atoms with Gasteiger partial charge in [0.25, 0.3) is 0 Å². The molecule has 0 aliphatic rings. The molecule has 0 saturated heterocycles. The predicted octanol–water partition coefficient (Wildman–Crippen LogP) is 1.51. The van der Waals surface area contributed by atoms with Crippen LogP contribution >= 0.6 is 17.2 Å². The molecule has 0 heterocycles. The third kappa shape index (κ3) is 8.59. The summed E-state index contributed by atoms with van der Waals surface area (Å²) in [5.74, 6) is 0. The van der Waals surface area contributed by atoms with Crippen LogP contribution < -0.4 is 0 Å². The first-order chi connectivity index (χ1) is 4.27. The molecule has 51 valence electrons. The molecular weight excluding hydrogens is 149 g/mol. The van der Waals surface area contributed by atoms with E-state index in [1.165, 1.54) is 6.16 Å². The molecule has 0 fully saturated rings. The van der Waals surface area contributed by atoms with Crippen molar-refractivity contribution in [2.45, 2.75) is 19.7 Å². The maximum absolute atomic E-state index is 10.3. The zero-order valence-corrected chi connectivity index (χ0v) is 7.84. The number of rotatable bonds is 5. The van der Waals surface area contributed by atoms with Crippen molar-refractivity contribution < 1.29 is 4.79 Å². The van der Waals surface area contributed by atoms with Gasteiger partial charge in [-0.3, -0.25) is 0 Å². The second kappa shape index (κ2) is 6.71. The molecule has 0 amide bonds. The summed E-state index contributed by atoms with van der Waals surface area (Å²) < 4.78 is 0. The maximum atomic E-state index is 10.3. The van der Waals surface area contributed by atoms with Crippen molar-refractivity contribution in [3.05, 3.63) is 0 Å². The van der Waals surface area contributed by atoms with Crippen LogP contribution in [0.25, 0.3) is 0 Å². The van der Waals surface area contributed by atoms with Crippen LogP contribution in [0.5, 0.6) is 0 Å². The molecule has 0 aliphatic carbocycles. The van der Waals surface area contributed by atoms with E-state index >= 15 is 0 Å². The highest BCUT2D eigenvalue weighted by Gasteiger charge is 1.94. The first-order valence-electron chi connectivity index (χ1n) is 3.04. The van der Waals surface area contributed by atoms with Crippen LogP contribution in [0.4, 0.5) is 0 Å². The molecule has 0 saturated carbocycles. The van der Waals surface area contributed by atoms with Gasteiger partial charge in [0, 0.05) is 0 Å². The van der Waals surface area contributed by atoms with Crippen molar-refractivity contribution in [2.75, 3.05) is 6.16 Å². The Morgan fingerprint density at radius 2 is 2.44 bits per heavy atom. The monoisotopic (exact) mass is 161 g/mol. The summed E-state index contributed by atoms with van der Waals surface area (Å²) >= 11 is 0. The van der Waals surface area contributed by atoms with Crippen LogP contribution in [0, 0.1) is 0 Å². The summed E-state index contributed by atoms with van der Waals surface area (Å²) in [7, 11) is 5.40. The Morgan fingerprint density at radius 1 is 1.78 bits per heavy atom. The highest BCUT2D eigenvalue weighted by Crippen LogP contribution is 2.20. The Hall–Kier alpha value is 0.595. The summed E-state index contributed by atoms with van der Waals surface area (Å²) in [5.41, 5.74) is 0.196. The molecule has 2 unspecified atom stereocenters. The van der Waals surface area contributed by atoms with Gasteiger partial charge in [-0.15, -0.1) is 17.2 Å². The van der Waals surface area contributed by atoms with Crippen molar-refractivity contribution in [1.29, 1.82) is 0 Å². The second-order valence-electron chi connectivity index (χ2n) is 1.91. The van der Waals surface area contributed by atoms with Gasteiger partial charge in [0.1, 0.15) is 0 Å². The lowest BCUT2D eigenvalue weighted by Crippen LogP contribution is -2.02. The van der Waals surface area contributed by atoms with Crippen LogP contribution in [-0.4, -0.2) is 19.1 Å². The highest BCUT2D eigenvalue weighted by molar-refractivity contribution is 8.02. The van der Waals surface area contributed by atoms with Crippen molar-refractivity contribution in [3.63, 3.8) is 0 Å². The van der Waals surface area contributed by atoms with Crippen LogP contribution in [0.1, 0.15) is 13.3 Å². The molecule has 0 aliphatic heterocycles. The topological polar surface area (TPSA) is 17.1 Å². The molecule has 2 atom stereocenters. The van der Waals surface area contributed by atoms with E-state index in [2.05, 4.69) is 8.93 Å². The summed E-state index contributed by atoms with van der Waals surface area (Å²) in [4.78, 5) is 10.3. The second-order valence-corrected chi connectivity index (χ2v) is 4.04. The van der Waals surface area contributed by atoms with E-state index < -0.39 is 0 Å². The molecule has 0 rings (SSSR count). The van der Waals surface area contributed by atoms with E-state index in [0.717, 1.165) is 21.0 Å². The summed E-state index contributed by atoms with van der Waals surface area (Å²) in [6.45, 7) is 1.60. The molecule has 1 nitrogen and oxygen atoms in total. The fourth-order valence-corrected chi connectivity index (χ4v) is 1.53. The Bertz CT molecular complexity index is 87.0. The van der Waals surface area contributed by atoms with Crippen LogP contribution in [-0.2, 0) is 4.79 Å². The first kappa shape index (κ1) is 9.59. The van der Waals surface area contributed by atoms with E-state index in [4.69, 9.17) is 0 Å². The normalized spacial score (nSPS) is 10.4. The molecule has 0 aromatic rings. The predicted molar refractivity (Wildman–Crippen MR) is 48.8 cm³/mol. The number of carbonyl (C=O) groups is 1. The smallest absolute Gasteiger partial charge is 0.201 e. The maximum Gasteiger partial charge on any atom is 0.201 e. The Labute approximate surface area is 61.5 Å².